The molecule has 22 heavy (non-hydrogen) atoms. The summed E-state index contributed by atoms with van der Waals surface area (Å²) >= 11 is 1.59. The molecule has 3 N–H and O–H groups in total. The Morgan fingerprint density at radius 1 is 1.23 bits per heavy atom. The van der Waals surface area contributed by atoms with Crippen LogP contribution in [0, 0.1) is 13.8 Å². The highest BCUT2D eigenvalue weighted by Gasteiger charge is 2.16. The molecule has 1 aliphatic rings. The molecule has 0 atom stereocenters. The van der Waals surface area contributed by atoms with E-state index in [4.69, 9.17) is 0 Å². The van der Waals surface area contributed by atoms with Gasteiger partial charge in [0.25, 0.3) is 0 Å². The van der Waals surface area contributed by atoms with E-state index < -0.39 is 0 Å². The van der Waals surface area contributed by atoms with Gasteiger partial charge >= 0.3 is 6.03 Å². The molecule has 6 nitrogen and oxygen atoms in total. The van der Waals surface area contributed by atoms with E-state index in [-0.39, 0.29) is 11.9 Å². The van der Waals surface area contributed by atoms with E-state index in [0.29, 0.717) is 25.6 Å². The molecular formula is C15H24N4O2S. The highest BCUT2D eigenvalue weighted by molar-refractivity contribution is 7.11. The van der Waals surface area contributed by atoms with Gasteiger partial charge in [-0.3, -0.25) is 4.79 Å². The van der Waals surface area contributed by atoms with Gasteiger partial charge in [-0.05, 0) is 26.7 Å². The third kappa shape index (κ3) is 5.29. The molecule has 1 aromatic rings. The molecule has 3 amide bonds. The molecule has 0 aromatic carbocycles. The maximum Gasteiger partial charge on any atom is 0.315 e. The van der Waals surface area contributed by atoms with Crippen LogP contribution in [0.25, 0.3) is 0 Å². The smallest absolute Gasteiger partial charge is 0.315 e. The Bertz CT molecular complexity index is 504. The fourth-order valence-electron chi connectivity index (χ4n) is 2.49. The first kappa shape index (κ1) is 16.7. The summed E-state index contributed by atoms with van der Waals surface area (Å²) in [7, 11) is 0. The van der Waals surface area contributed by atoms with Gasteiger partial charge in [0.05, 0.1) is 12.2 Å². The van der Waals surface area contributed by atoms with Crippen molar-refractivity contribution in [3.8, 4) is 0 Å². The second-order valence-electron chi connectivity index (χ2n) is 5.66. The van der Waals surface area contributed by atoms with Crippen molar-refractivity contribution >= 4 is 23.3 Å². The number of urea groups is 1. The van der Waals surface area contributed by atoms with Crippen molar-refractivity contribution in [2.45, 2.75) is 58.5 Å². The van der Waals surface area contributed by atoms with Crippen molar-refractivity contribution in [1.29, 1.82) is 0 Å². The van der Waals surface area contributed by atoms with Crippen LogP contribution in [-0.4, -0.2) is 29.5 Å². The largest absolute Gasteiger partial charge is 0.353 e. The first-order valence-corrected chi connectivity index (χ1v) is 8.60. The summed E-state index contributed by atoms with van der Waals surface area (Å²) in [4.78, 5) is 28.9. The van der Waals surface area contributed by atoms with Crippen molar-refractivity contribution in [3.63, 3.8) is 0 Å². The number of rotatable bonds is 6. The first-order chi connectivity index (χ1) is 10.5. The minimum atomic E-state index is -0.265. The van der Waals surface area contributed by atoms with Crippen LogP contribution in [0.2, 0.25) is 0 Å². The standard InChI is InChI=1S/C15H24N4O2S/c1-10-11(2)22-14(18-10)9-17-15(21)16-8-7-13(20)19-12-5-3-4-6-12/h12H,3-9H2,1-2H3,(H,19,20)(H2,16,17,21). The van der Waals surface area contributed by atoms with E-state index in [1.165, 1.54) is 17.7 Å². The predicted octanol–water partition coefficient (Wildman–Crippen LogP) is 2.01. The van der Waals surface area contributed by atoms with Crippen molar-refractivity contribution < 1.29 is 9.59 Å². The fourth-order valence-corrected chi connectivity index (χ4v) is 3.37. The van der Waals surface area contributed by atoms with Crippen molar-refractivity contribution in [2.75, 3.05) is 6.54 Å². The number of aromatic nitrogens is 1. The molecule has 0 bridgehead atoms. The number of hydrogen-bond donors (Lipinski definition) is 3. The summed E-state index contributed by atoms with van der Waals surface area (Å²) in [6.07, 6.45) is 4.86. The van der Waals surface area contributed by atoms with Crippen molar-refractivity contribution in [2.24, 2.45) is 0 Å². The quantitative estimate of drug-likeness (QED) is 0.748. The molecule has 2 rings (SSSR count). The average molecular weight is 324 g/mol. The topological polar surface area (TPSA) is 83.1 Å². The van der Waals surface area contributed by atoms with Crippen molar-refractivity contribution in [3.05, 3.63) is 15.6 Å². The Kier molecular flexibility index (Phi) is 6.18. The highest BCUT2D eigenvalue weighted by atomic mass is 32.1. The molecule has 0 aliphatic heterocycles. The van der Waals surface area contributed by atoms with Crippen LogP contribution < -0.4 is 16.0 Å². The second-order valence-corrected chi connectivity index (χ2v) is 6.95. The molecule has 7 heteroatoms. The van der Waals surface area contributed by atoms with E-state index in [1.807, 2.05) is 13.8 Å². The number of thiazole rings is 1. The number of aryl methyl sites for hydroxylation is 2. The van der Waals surface area contributed by atoms with Crippen LogP contribution in [0.3, 0.4) is 0 Å². The average Bonchev–Trinajstić information content (AvgIpc) is 3.07. The van der Waals surface area contributed by atoms with Crippen LogP contribution >= 0.6 is 11.3 Å². The molecule has 0 radical (unpaired) electrons. The molecule has 1 aromatic heterocycles. The van der Waals surface area contributed by atoms with Crippen molar-refractivity contribution in [1.82, 2.24) is 20.9 Å². The van der Waals surface area contributed by atoms with Crippen LogP contribution in [0.15, 0.2) is 0 Å². The number of amides is 3. The first-order valence-electron chi connectivity index (χ1n) is 7.78. The molecule has 1 saturated carbocycles. The van der Waals surface area contributed by atoms with Gasteiger partial charge in [0.1, 0.15) is 5.01 Å². The van der Waals surface area contributed by atoms with Gasteiger partial charge in [0, 0.05) is 23.9 Å². The van der Waals surface area contributed by atoms with Gasteiger partial charge in [-0.25, -0.2) is 9.78 Å². The maximum absolute atomic E-state index is 11.7. The number of carbonyl (C=O) groups is 2. The van der Waals surface area contributed by atoms with Crippen LogP contribution in [0.4, 0.5) is 4.79 Å². The Morgan fingerprint density at radius 3 is 2.59 bits per heavy atom. The zero-order chi connectivity index (χ0) is 15.9. The monoisotopic (exact) mass is 324 g/mol. The lowest BCUT2D eigenvalue weighted by Crippen LogP contribution is -2.39. The van der Waals surface area contributed by atoms with E-state index in [9.17, 15) is 9.59 Å². The Morgan fingerprint density at radius 2 is 1.95 bits per heavy atom. The van der Waals surface area contributed by atoms with E-state index in [2.05, 4.69) is 20.9 Å². The molecule has 1 heterocycles. The zero-order valence-electron chi connectivity index (χ0n) is 13.2. The summed E-state index contributed by atoms with van der Waals surface area (Å²) in [5.41, 5.74) is 1.01. The minimum absolute atomic E-state index is 0.0124. The lowest BCUT2D eigenvalue weighted by Gasteiger charge is -2.12. The van der Waals surface area contributed by atoms with E-state index in [1.54, 1.807) is 11.3 Å². The Labute approximate surface area is 135 Å². The predicted molar refractivity (Wildman–Crippen MR) is 86.8 cm³/mol. The Balaban J connectivity index is 1.58. The number of hydrogen-bond acceptors (Lipinski definition) is 4. The third-order valence-corrected chi connectivity index (χ3v) is 4.90. The van der Waals surface area contributed by atoms with Crippen LogP contribution in [-0.2, 0) is 11.3 Å². The Hall–Kier alpha value is -1.63. The van der Waals surface area contributed by atoms with Gasteiger partial charge in [-0.2, -0.15) is 0 Å². The van der Waals surface area contributed by atoms with Crippen LogP contribution in [0.1, 0.15) is 47.7 Å². The summed E-state index contributed by atoms with van der Waals surface area (Å²) < 4.78 is 0. The molecule has 0 saturated heterocycles. The van der Waals surface area contributed by atoms with Gasteiger partial charge < -0.3 is 16.0 Å². The van der Waals surface area contributed by atoms with Gasteiger partial charge in [0.15, 0.2) is 0 Å². The third-order valence-electron chi connectivity index (χ3n) is 3.83. The van der Waals surface area contributed by atoms with Gasteiger partial charge in [0.2, 0.25) is 5.91 Å². The maximum atomic E-state index is 11.7. The minimum Gasteiger partial charge on any atom is -0.353 e. The number of carbonyl (C=O) groups excluding carboxylic acids is 2. The lowest BCUT2D eigenvalue weighted by molar-refractivity contribution is -0.121. The molecular weight excluding hydrogens is 300 g/mol. The SMILES string of the molecule is Cc1nc(CNC(=O)NCCC(=O)NC2CCCC2)sc1C. The normalized spacial score (nSPS) is 14.8. The molecule has 0 unspecified atom stereocenters. The molecule has 122 valence electrons. The van der Waals surface area contributed by atoms with E-state index in [0.717, 1.165) is 23.5 Å². The second kappa shape index (κ2) is 8.12. The number of nitrogens with zero attached hydrogens (tertiary/aromatic N) is 1. The number of nitrogens with one attached hydrogen (secondary N) is 3. The molecule has 0 spiro atoms. The summed E-state index contributed by atoms with van der Waals surface area (Å²) in [6.45, 7) is 4.73. The lowest BCUT2D eigenvalue weighted by atomic mass is 10.2. The molecule has 1 fully saturated rings. The zero-order valence-corrected chi connectivity index (χ0v) is 14.0. The highest BCUT2D eigenvalue weighted by Crippen LogP contribution is 2.17. The summed E-state index contributed by atoms with van der Waals surface area (Å²) in [6, 6.07) is 0.0666. The van der Waals surface area contributed by atoms with Gasteiger partial charge in [-0.1, -0.05) is 12.8 Å². The van der Waals surface area contributed by atoms with Gasteiger partial charge in [-0.15, -0.1) is 11.3 Å². The van der Waals surface area contributed by atoms with E-state index >= 15 is 0 Å². The fraction of sp³-hybridized carbons (Fsp3) is 0.667. The molecule has 1 aliphatic carbocycles. The van der Waals surface area contributed by atoms with Crippen LogP contribution in [0.5, 0.6) is 0 Å². The summed E-state index contributed by atoms with van der Waals surface area (Å²) in [5.74, 6) is 0.0124. The summed E-state index contributed by atoms with van der Waals surface area (Å²) in [5, 5.41) is 9.34.